The Bertz CT molecular complexity index is 820. The number of hydrogen-bond donors (Lipinski definition) is 2. The van der Waals surface area contributed by atoms with Crippen molar-refractivity contribution in [3.63, 3.8) is 0 Å². The fraction of sp³-hybridized carbons (Fsp3) is 0.600. The number of fused-ring (bicyclic) bond motifs is 1. The van der Waals surface area contributed by atoms with E-state index < -0.39 is 0 Å². The molecule has 7 nitrogen and oxygen atoms in total. The molecule has 152 valence electrons. The van der Waals surface area contributed by atoms with Gasteiger partial charge in [0, 0.05) is 44.2 Å². The molecule has 0 saturated carbocycles. The van der Waals surface area contributed by atoms with E-state index in [2.05, 4.69) is 43.8 Å². The zero-order chi connectivity index (χ0) is 19.5. The number of aliphatic hydroxyl groups excluding tert-OH is 1. The van der Waals surface area contributed by atoms with E-state index in [-0.39, 0.29) is 6.61 Å². The highest BCUT2D eigenvalue weighted by atomic mass is 127. The summed E-state index contributed by atoms with van der Waals surface area (Å²) in [6.45, 7) is 5.04. The molecule has 0 spiro atoms. The predicted molar refractivity (Wildman–Crippen MR) is 120 cm³/mol. The average Bonchev–Trinajstić information content (AvgIpc) is 3.24. The van der Waals surface area contributed by atoms with Crippen LogP contribution in [0.5, 0.6) is 5.75 Å². The fourth-order valence-corrected chi connectivity index (χ4v) is 4.75. The molecule has 1 aromatic heterocycles. The maximum absolute atomic E-state index is 9.15. The van der Waals surface area contributed by atoms with Crippen molar-refractivity contribution in [2.24, 2.45) is 0 Å². The molecule has 1 aromatic carbocycles. The summed E-state index contributed by atoms with van der Waals surface area (Å²) in [7, 11) is 1.70. The van der Waals surface area contributed by atoms with Crippen molar-refractivity contribution in [3.8, 4) is 5.75 Å². The molecule has 2 fully saturated rings. The number of nitrogens with zero attached hydrogens (tertiary/aromatic N) is 4. The number of nitrogens with one attached hydrogen (secondary N) is 1. The average molecular weight is 497 g/mol. The van der Waals surface area contributed by atoms with Crippen LogP contribution in [0.2, 0.25) is 0 Å². The van der Waals surface area contributed by atoms with Crippen LogP contribution in [-0.4, -0.2) is 72.5 Å². The monoisotopic (exact) mass is 497 g/mol. The SMILES string of the molecule is COc1cc2c(NC3CCN(CCO)CC3)nc(N3CCCC3)nc2cc1I. The first kappa shape index (κ1) is 19.9. The van der Waals surface area contributed by atoms with Crippen LogP contribution in [0.25, 0.3) is 10.9 Å². The number of hydrogen-bond acceptors (Lipinski definition) is 7. The van der Waals surface area contributed by atoms with Gasteiger partial charge in [0.15, 0.2) is 0 Å². The van der Waals surface area contributed by atoms with E-state index >= 15 is 0 Å². The van der Waals surface area contributed by atoms with Crippen LogP contribution >= 0.6 is 22.6 Å². The molecule has 2 aliphatic rings. The predicted octanol–water partition coefficient (Wildman–Crippen LogP) is 2.71. The van der Waals surface area contributed by atoms with Gasteiger partial charge in [-0.25, -0.2) is 4.98 Å². The molecular formula is C20H28IN5O2. The molecule has 0 radical (unpaired) electrons. The van der Waals surface area contributed by atoms with E-state index in [1.54, 1.807) is 7.11 Å². The molecule has 28 heavy (non-hydrogen) atoms. The summed E-state index contributed by atoms with van der Waals surface area (Å²) in [5.74, 6) is 2.58. The van der Waals surface area contributed by atoms with Crippen LogP contribution in [0, 0.1) is 3.57 Å². The molecule has 3 heterocycles. The molecule has 0 unspecified atom stereocenters. The van der Waals surface area contributed by atoms with Gasteiger partial charge in [0.25, 0.3) is 0 Å². The third-order valence-electron chi connectivity index (χ3n) is 5.69. The minimum Gasteiger partial charge on any atom is -0.496 e. The fourth-order valence-electron chi connectivity index (χ4n) is 4.08. The number of benzene rings is 1. The lowest BCUT2D eigenvalue weighted by Crippen LogP contribution is -2.40. The lowest BCUT2D eigenvalue weighted by Gasteiger charge is -2.32. The highest BCUT2D eigenvalue weighted by molar-refractivity contribution is 14.1. The maximum atomic E-state index is 9.15. The van der Waals surface area contributed by atoms with Crippen LogP contribution in [0.4, 0.5) is 11.8 Å². The van der Waals surface area contributed by atoms with Crippen LogP contribution in [-0.2, 0) is 0 Å². The van der Waals surface area contributed by atoms with Gasteiger partial charge >= 0.3 is 0 Å². The lowest BCUT2D eigenvalue weighted by molar-refractivity contribution is 0.168. The Hall–Kier alpha value is -1.39. The van der Waals surface area contributed by atoms with Crippen molar-refractivity contribution in [3.05, 3.63) is 15.7 Å². The quantitative estimate of drug-likeness (QED) is 0.595. The van der Waals surface area contributed by atoms with Crippen molar-refractivity contribution in [2.45, 2.75) is 31.7 Å². The summed E-state index contributed by atoms with van der Waals surface area (Å²) >= 11 is 2.30. The first-order valence-corrected chi connectivity index (χ1v) is 11.2. The summed E-state index contributed by atoms with van der Waals surface area (Å²) in [5.41, 5.74) is 0.960. The Morgan fingerprint density at radius 2 is 1.93 bits per heavy atom. The van der Waals surface area contributed by atoms with Gasteiger partial charge in [-0.15, -0.1) is 0 Å². The van der Waals surface area contributed by atoms with Gasteiger partial charge in [0.05, 0.1) is 22.8 Å². The van der Waals surface area contributed by atoms with E-state index in [0.717, 1.165) is 77.6 Å². The van der Waals surface area contributed by atoms with E-state index in [1.165, 1.54) is 12.8 Å². The number of aliphatic hydroxyl groups is 1. The number of anilines is 2. The number of likely N-dealkylation sites (tertiary alicyclic amines) is 1. The second-order valence-electron chi connectivity index (χ2n) is 7.55. The minimum absolute atomic E-state index is 0.228. The van der Waals surface area contributed by atoms with Crippen LogP contribution in [0.15, 0.2) is 12.1 Å². The maximum Gasteiger partial charge on any atom is 0.227 e. The Morgan fingerprint density at radius 3 is 2.61 bits per heavy atom. The summed E-state index contributed by atoms with van der Waals surface area (Å²) in [6.07, 6.45) is 4.50. The molecule has 2 N–H and O–H groups in total. The number of β-amino-alcohol motifs (C(OH)–C–C–N with tert-alkyl or cyclic N) is 1. The molecule has 0 atom stereocenters. The summed E-state index contributed by atoms with van der Waals surface area (Å²) in [4.78, 5) is 14.4. The molecule has 8 heteroatoms. The Balaban J connectivity index is 1.64. The van der Waals surface area contributed by atoms with Gasteiger partial charge in [-0.05, 0) is 60.4 Å². The molecule has 2 aromatic rings. The largest absolute Gasteiger partial charge is 0.496 e. The van der Waals surface area contributed by atoms with Gasteiger partial charge < -0.3 is 25.0 Å². The van der Waals surface area contributed by atoms with Crippen molar-refractivity contribution in [2.75, 3.05) is 56.7 Å². The third kappa shape index (κ3) is 4.28. The number of halogens is 1. The van der Waals surface area contributed by atoms with Crippen LogP contribution in [0.1, 0.15) is 25.7 Å². The first-order chi connectivity index (χ1) is 13.7. The van der Waals surface area contributed by atoms with E-state index in [4.69, 9.17) is 19.8 Å². The highest BCUT2D eigenvalue weighted by Crippen LogP contribution is 2.33. The summed E-state index contributed by atoms with van der Waals surface area (Å²) < 4.78 is 6.59. The van der Waals surface area contributed by atoms with Gasteiger partial charge in [-0.1, -0.05) is 0 Å². The smallest absolute Gasteiger partial charge is 0.227 e. The van der Waals surface area contributed by atoms with E-state index in [9.17, 15) is 0 Å². The van der Waals surface area contributed by atoms with Crippen molar-refractivity contribution in [1.82, 2.24) is 14.9 Å². The van der Waals surface area contributed by atoms with Crippen molar-refractivity contribution >= 4 is 45.3 Å². The number of ether oxygens (including phenoxy) is 1. The Labute approximate surface area is 179 Å². The zero-order valence-corrected chi connectivity index (χ0v) is 18.5. The number of piperidine rings is 1. The Morgan fingerprint density at radius 1 is 1.18 bits per heavy atom. The van der Waals surface area contributed by atoms with Gasteiger partial charge in [0.2, 0.25) is 5.95 Å². The zero-order valence-electron chi connectivity index (χ0n) is 16.3. The summed E-state index contributed by atoms with van der Waals surface area (Å²) in [5, 5.41) is 13.9. The molecule has 2 aliphatic heterocycles. The van der Waals surface area contributed by atoms with E-state index in [1.807, 2.05) is 6.07 Å². The number of rotatable bonds is 6. The van der Waals surface area contributed by atoms with Crippen molar-refractivity contribution in [1.29, 1.82) is 0 Å². The first-order valence-electron chi connectivity index (χ1n) is 10.1. The molecular weight excluding hydrogens is 469 g/mol. The van der Waals surface area contributed by atoms with E-state index in [0.29, 0.717) is 6.04 Å². The third-order valence-corrected chi connectivity index (χ3v) is 6.53. The lowest BCUT2D eigenvalue weighted by atomic mass is 10.0. The molecule has 0 bridgehead atoms. The Kier molecular flexibility index (Phi) is 6.37. The van der Waals surface area contributed by atoms with Crippen LogP contribution < -0.4 is 15.0 Å². The molecule has 4 rings (SSSR count). The second-order valence-corrected chi connectivity index (χ2v) is 8.72. The summed E-state index contributed by atoms with van der Waals surface area (Å²) in [6, 6.07) is 4.52. The second kappa shape index (κ2) is 8.96. The highest BCUT2D eigenvalue weighted by Gasteiger charge is 2.22. The molecule has 2 saturated heterocycles. The van der Waals surface area contributed by atoms with Gasteiger partial charge in [-0.2, -0.15) is 4.98 Å². The number of methoxy groups -OCH3 is 1. The standard InChI is InChI=1S/C20H28IN5O2/c1-28-18-12-15-17(13-16(18)21)23-20(26-6-2-3-7-26)24-19(15)22-14-4-8-25(9-5-14)10-11-27/h12-14,27H,2-11H2,1H3,(H,22,23,24). The minimum atomic E-state index is 0.228. The van der Waals surface area contributed by atoms with Gasteiger partial charge in [0.1, 0.15) is 11.6 Å². The van der Waals surface area contributed by atoms with Gasteiger partial charge in [-0.3, -0.25) is 0 Å². The van der Waals surface area contributed by atoms with Crippen molar-refractivity contribution < 1.29 is 9.84 Å². The molecule has 0 aliphatic carbocycles. The van der Waals surface area contributed by atoms with Crippen LogP contribution in [0.3, 0.4) is 0 Å². The number of aromatic nitrogens is 2. The normalized spacial score (nSPS) is 18.8. The molecule has 0 amide bonds. The topological polar surface area (TPSA) is 73.8 Å².